The maximum Gasteiger partial charge on any atom is 0.271 e. The van der Waals surface area contributed by atoms with Crippen molar-refractivity contribution < 1.29 is 4.74 Å². The molecule has 4 N–H and O–H groups in total. The summed E-state index contributed by atoms with van der Waals surface area (Å²) in [5.41, 5.74) is 10.1. The zero-order valence-corrected chi connectivity index (χ0v) is 15.2. The van der Waals surface area contributed by atoms with Crippen molar-refractivity contribution in [2.75, 3.05) is 5.73 Å². The fourth-order valence-corrected chi connectivity index (χ4v) is 2.75. The second-order valence-corrected chi connectivity index (χ2v) is 6.47. The highest BCUT2D eigenvalue weighted by atomic mass is 35.5. The summed E-state index contributed by atoms with van der Waals surface area (Å²) in [6.45, 7) is 7.83. The van der Waals surface area contributed by atoms with Crippen molar-refractivity contribution in [3.8, 4) is 5.75 Å². The van der Waals surface area contributed by atoms with Gasteiger partial charge < -0.3 is 10.5 Å². The standard InChI is InChI=1S/C18H20ClN3OS/c1-11-8-16(20)9-12(2)17(11)23-18(24-21)22-13(3)10-14-4-6-15(19)7-5-14/h4-9H,3,10,20-21H2,1-2H3/b22-18-. The van der Waals surface area contributed by atoms with E-state index in [4.69, 9.17) is 27.2 Å². The third-order valence-corrected chi connectivity index (χ3v) is 3.97. The monoisotopic (exact) mass is 361 g/mol. The molecular formula is C18H20ClN3OS. The van der Waals surface area contributed by atoms with Gasteiger partial charge in [0.15, 0.2) is 0 Å². The summed E-state index contributed by atoms with van der Waals surface area (Å²) in [5.74, 6) is 0.709. The molecule has 0 aliphatic heterocycles. The number of aryl methyl sites for hydroxylation is 2. The van der Waals surface area contributed by atoms with E-state index in [-0.39, 0.29) is 0 Å². The highest BCUT2D eigenvalue weighted by Gasteiger charge is 2.10. The number of aliphatic imine (C=N–C) groups is 1. The number of nitrogen functional groups attached to an aromatic ring is 1. The van der Waals surface area contributed by atoms with E-state index >= 15 is 0 Å². The number of hydrogen-bond donors (Lipinski definition) is 2. The zero-order chi connectivity index (χ0) is 17.7. The minimum Gasteiger partial charge on any atom is -0.432 e. The number of benzene rings is 2. The van der Waals surface area contributed by atoms with Crippen LogP contribution in [0.25, 0.3) is 0 Å². The number of hydrogen-bond acceptors (Lipinski definition) is 5. The van der Waals surface area contributed by atoms with Gasteiger partial charge in [0, 0.05) is 34.8 Å². The number of ether oxygens (including phenoxy) is 1. The largest absolute Gasteiger partial charge is 0.432 e. The Balaban J connectivity index is 2.14. The number of nitrogens with zero attached hydrogens (tertiary/aromatic N) is 1. The van der Waals surface area contributed by atoms with Crippen LogP contribution >= 0.6 is 23.5 Å². The van der Waals surface area contributed by atoms with Crippen molar-refractivity contribution in [2.24, 2.45) is 10.1 Å². The van der Waals surface area contributed by atoms with Gasteiger partial charge in [-0.25, -0.2) is 4.99 Å². The number of rotatable bonds is 4. The minimum atomic E-state index is 0.338. The van der Waals surface area contributed by atoms with E-state index < -0.39 is 0 Å². The maximum atomic E-state index is 5.89. The van der Waals surface area contributed by atoms with Gasteiger partial charge in [-0.3, -0.25) is 5.14 Å². The highest BCUT2D eigenvalue weighted by Crippen LogP contribution is 2.27. The predicted molar refractivity (Wildman–Crippen MR) is 104 cm³/mol. The Morgan fingerprint density at radius 3 is 2.33 bits per heavy atom. The van der Waals surface area contributed by atoms with Gasteiger partial charge in [0.2, 0.25) is 0 Å². The molecule has 126 valence electrons. The van der Waals surface area contributed by atoms with Crippen molar-refractivity contribution in [3.63, 3.8) is 0 Å². The molecule has 0 atom stereocenters. The van der Waals surface area contributed by atoms with Crippen LogP contribution in [0.15, 0.2) is 53.7 Å². The lowest BCUT2D eigenvalue weighted by Crippen LogP contribution is -2.10. The summed E-state index contributed by atoms with van der Waals surface area (Å²) >= 11 is 6.83. The topological polar surface area (TPSA) is 73.6 Å². The first-order valence-corrected chi connectivity index (χ1v) is 8.57. The molecule has 0 saturated carbocycles. The lowest BCUT2D eigenvalue weighted by molar-refractivity contribution is 0.555. The summed E-state index contributed by atoms with van der Waals surface area (Å²) in [4.78, 5) is 4.39. The molecule has 0 aliphatic carbocycles. The Labute approximate surface area is 151 Å². The predicted octanol–water partition coefficient (Wildman–Crippen LogP) is 4.64. The summed E-state index contributed by atoms with van der Waals surface area (Å²) in [6.07, 6.45) is 0.588. The van der Waals surface area contributed by atoms with Gasteiger partial charge >= 0.3 is 0 Å². The molecule has 0 bridgehead atoms. The minimum absolute atomic E-state index is 0.338. The van der Waals surface area contributed by atoms with Gasteiger partial charge in [-0.05, 0) is 54.8 Å². The van der Waals surface area contributed by atoms with Gasteiger partial charge in [-0.15, -0.1) is 0 Å². The fraction of sp³-hybridized carbons (Fsp3) is 0.167. The molecule has 0 radical (unpaired) electrons. The molecule has 0 amide bonds. The van der Waals surface area contributed by atoms with E-state index in [9.17, 15) is 0 Å². The molecule has 2 aromatic rings. The summed E-state index contributed by atoms with van der Waals surface area (Å²) in [6, 6.07) is 11.3. The van der Waals surface area contributed by atoms with Crippen LogP contribution < -0.4 is 15.6 Å². The number of halogens is 1. The zero-order valence-electron chi connectivity index (χ0n) is 13.7. The average Bonchev–Trinajstić information content (AvgIpc) is 2.51. The highest BCUT2D eigenvalue weighted by molar-refractivity contribution is 8.11. The van der Waals surface area contributed by atoms with Crippen molar-refractivity contribution in [1.29, 1.82) is 0 Å². The number of nitrogens with two attached hydrogens (primary N) is 2. The molecule has 6 heteroatoms. The molecule has 24 heavy (non-hydrogen) atoms. The summed E-state index contributed by atoms with van der Waals surface area (Å²) < 4.78 is 5.86. The third kappa shape index (κ3) is 5.03. The van der Waals surface area contributed by atoms with Crippen LogP contribution in [0.4, 0.5) is 5.69 Å². The molecule has 4 nitrogen and oxygen atoms in total. The Hall–Kier alpha value is -1.95. The second-order valence-electron chi connectivity index (χ2n) is 5.45. The lowest BCUT2D eigenvalue weighted by atomic mass is 10.1. The van der Waals surface area contributed by atoms with Crippen LogP contribution in [0.5, 0.6) is 5.75 Å². The van der Waals surface area contributed by atoms with Gasteiger partial charge in [0.1, 0.15) is 5.75 Å². The molecule has 0 unspecified atom stereocenters. The van der Waals surface area contributed by atoms with Crippen molar-refractivity contribution in [1.82, 2.24) is 0 Å². The van der Waals surface area contributed by atoms with E-state index in [0.717, 1.165) is 28.6 Å². The molecule has 0 fully saturated rings. The second kappa shape index (κ2) is 8.24. The number of anilines is 1. The van der Waals surface area contributed by atoms with Crippen molar-refractivity contribution in [2.45, 2.75) is 20.3 Å². The van der Waals surface area contributed by atoms with Crippen LogP contribution in [0.3, 0.4) is 0 Å². The third-order valence-electron chi connectivity index (χ3n) is 3.34. The van der Waals surface area contributed by atoms with Gasteiger partial charge in [-0.1, -0.05) is 30.3 Å². The Bertz CT molecular complexity index is 749. The van der Waals surface area contributed by atoms with E-state index in [2.05, 4.69) is 11.6 Å². The first-order chi connectivity index (χ1) is 11.4. The quantitative estimate of drug-likeness (QED) is 0.360. The van der Waals surface area contributed by atoms with Crippen LogP contribution in [-0.2, 0) is 6.42 Å². The molecule has 2 aromatic carbocycles. The smallest absolute Gasteiger partial charge is 0.271 e. The van der Waals surface area contributed by atoms with Crippen LogP contribution in [-0.4, -0.2) is 5.23 Å². The fourth-order valence-electron chi connectivity index (χ4n) is 2.31. The SMILES string of the molecule is C=C(Cc1ccc(Cl)cc1)/N=C(/Oc1c(C)cc(N)cc1C)SN. The lowest BCUT2D eigenvalue weighted by Gasteiger charge is -2.13. The molecular weight excluding hydrogens is 342 g/mol. The van der Waals surface area contributed by atoms with Crippen molar-refractivity contribution in [3.05, 3.63) is 70.4 Å². The molecule has 0 heterocycles. The van der Waals surface area contributed by atoms with E-state index in [1.807, 2.05) is 50.2 Å². The summed E-state index contributed by atoms with van der Waals surface area (Å²) in [5, 5.41) is 6.73. The Morgan fingerprint density at radius 2 is 1.79 bits per heavy atom. The first kappa shape index (κ1) is 18.4. The normalized spacial score (nSPS) is 11.4. The number of allylic oxidation sites excluding steroid dienone is 1. The molecule has 0 saturated heterocycles. The van der Waals surface area contributed by atoms with Crippen LogP contribution in [0, 0.1) is 13.8 Å². The molecule has 0 spiro atoms. The first-order valence-electron chi connectivity index (χ1n) is 7.31. The van der Waals surface area contributed by atoms with Gasteiger partial charge in [0.25, 0.3) is 5.23 Å². The van der Waals surface area contributed by atoms with E-state index in [0.29, 0.717) is 33.8 Å². The molecule has 2 rings (SSSR count). The van der Waals surface area contributed by atoms with E-state index in [1.165, 1.54) is 0 Å². The van der Waals surface area contributed by atoms with Crippen LogP contribution in [0.2, 0.25) is 5.02 Å². The molecule has 0 aliphatic rings. The van der Waals surface area contributed by atoms with Gasteiger partial charge in [-0.2, -0.15) is 0 Å². The molecule has 0 aromatic heterocycles. The van der Waals surface area contributed by atoms with Crippen molar-refractivity contribution >= 4 is 34.5 Å². The van der Waals surface area contributed by atoms with Crippen LogP contribution in [0.1, 0.15) is 16.7 Å². The average molecular weight is 362 g/mol. The van der Waals surface area contributed by atoms with E-state index in [1.54, 1.807) is 0 Å². The maximum absolute atomic E-state index is 5.89. The Morgan fingerprint density at radius 1 is 1.21 bits per heavy atom. The Kier molecular flexibility index (Phi) is 6.31. The summed E-state index contributed by atoms with van der Waals surface area (Å²) in [7, 11) is 0. The van der Waals surface area contributed by atoms with Gasteiger partial charge in [0.05, 0.1) is 0 Å².